The van der Waals surface area contributed by atoms with E-state index in [1.54, 1.807) is 18.6 Å². The minimum atomic E-state index is -0.434. The highest BCUT2D eigenvalue weighted by atomic mass is 16.6. The Labute approximate surface area is 116 Å². The molecule has 0 atom stereocenters. The SMILES string of the molecule is CC(C)Oc1cc(NCc2ccoc2)cc([N+](=O)[O-])c1. The Morgan fingerprint density at radius 2 is 2.20 bits per heavy atom. The molecule has 6 heteroatoms. The van der Waals surface area contributed by atoms with Crippen molar-refractivity contribution in [3.05, 3.63) is 52.5 Å². The van der Waals surface area contributed by atoms with Gasteiger partial charge in [-0.1, -0.05) is 0 Å². The number of nitrogens with zero attached hydrogens (tertiary/aromatic N) is 1. The van der Waals surface area contributed by atoms with Crippen LogP contribution in [0, 0.1) is 10.1 Å². The second kappa shape index (κ2) is 6.10. The van der Waals surface area contributed by atoms with Crippen LogP contribution in [0.15, 0.2) is 41.2 Å². The van der Waals surface area contributed by atoms with Crippen molar-refractivity contribution >= 4 is 11.4 Å². The predicted molar refractivity (Wildman–Crippen MR) is 74.9 cm³/mol. The summed E-state index contributed by atoms with van der Waals surface area (Å²) >= 11 is 0. The van der Waals surface area contributed by atoms with Gasteiger partial charge in [0, 0.05) is 29.9 Å². The third-order valence-corrected chi connectivity index (χ3v) is 2.55. The van der Waals surface area contributed by atoms with Gasteiger partial charge in [0.25, 0.3) is 5.69 Å². The van der Waals surface area contributed by atoms with Crippen molar-refractivity contribution in [2.24, 2.45) is 0 Å². The summed E-state index contributed by atoms with van der Waals surface area (Å²) in [4.78, 5) is 10.5. The van der Waals surface area contributed by atoms with Gasteiger partial charge in [-0.05, 0) is 19.9 Å². The van der Waals surface area contributed by atoms with Gasteiger partial charge in [0.05, 0.1) is 29.6 Å². The van der Waals surface area contributed by atoms with E-state index in [0.29, 0.717) is 18.0 Å². The molecule has 2 rings (SSSR count). The molecule has 1 heterocycles. The fourth-order valence-electron chi connectivity index (χ4n) is 1.73. The number of anilines is 1. The summed E-state index contributed by atoms with van der Waals surface area (Å²) in [6.45, 7) is 4.27. The molecule has 6 nitrogen and oxygen atoms in total. The fraction of sp³-hybridized carbons (Fsp3) is 0.286. The van der Waals surface area contributed by atoms with Gasteiger partial charge in [-0.3, -0.25) is 10.1 Å². The van der Waals surface area contributed by atoms with Crippen molar-refractivity contribution in [3.8, 4) is 5.75 Å². The number of furan rings is 1. The predicted octanol–water partition coefficient (Wildman–Crippen LogP) is 3.59. The van der Waals surface area contributed by atoms with E-state index >= 15 is 0 Å². The average molecular weight is 276 g/mol. The minimum Gasteiger partial charge on any atom is -0.491 e. The van der Waals surface area contributed by atoms with Gasteiger partial charge in [-0.2, -0.15) is 0 Å². The molecule has 0 aliphatic rings. The van der Waals surface area contributed by atoms with Gasteiger partial charge in [0.2, 0.25) is 0 Å². The topological polar surface area (TPSA) is 77.5 Å². The number of non-ortho nitro benzene ring substituents is 1. The first-order valence-electron chi connectivity index (χ1n) is 6.25. The lowest BCUT2D eigenvalue weighted by Crippen LogP contribution is -2.07. The monoisotopic (exact) mass is 276 g/mol. The van der Waals surface area contributed by atoms with Gasteiger partial charge in [0.1, 0.15) is 5.75 Å². The van der Waals surface area contributed by atoms with Crippen LogP contribution in [-0.2, 0) is 6.54 Å². The van der Waals surface area contributed by atoms with Gasteiger partial charge in [0.15, 0.2) is 0 Å². The van der Waals surface area contributed by atoms with E-state index in [1.165, 1.54) is 12.1 Å². The molecule has 0 unspecified atom stereocenters. The van der Waals surface area contributed by atoms with Crippen LogP contribution < -0.4 is 10.1 Å². The van der Waals surface area contributed by atoms with Crippen LogP contribution in [0.25, 0.3) is 0 Å². The van der Waals surface area contributed by atoms with E-state index < -0.39 is 4.92 Å². The summed E-state index contributed by atoms with van der Waals surface area (Å²) in [5, 5.41) is 14.0. The molecule has 0 aliphatic heterocycles. The molecule has 0 spiro atoms. The van der Waals surface area contributed by atoms with Crippen LogP contribution in [0.1, 0.15) is 19.4 Å². The molecule has 0 aliphatic carbocycles. The number of hydrogen-bond donors (Lipinski definition) is 1. The maximum absolute atomic E-state index is 10.9. The molecule has 0 amide bonds. The number of nitro benzene ring substituents is 1. The average Bonchev–Trinajstić information content (AvgIpc) is 2.88. The van der Waals surface area contributed by atoms with Crippen molar-refractivity contribution in [2.45, 2.75) is 26.5 Å². The Morgan fingerprint density at radius 1 is 1.40 bits per heavy atom. The lowest BCUT2D eigenvalue weighted by molar-refractivity contribution is -0.384. The maximum Gasteiger partial charge on any atom is 0.275 e. The third kappa shape index (κ3) is 3.74. The largest absolute Gasteiger partial charge is 0.491 e. The molecule has 20 heavy (non-hydrogen) atoms. The third-order valence-electron chi connectivity index (χ3n) is 2.55. The Hall–Kier alpha value is -2.50. The summed E-state index contributed by atoms with van der Waals surface area (Å²) in [6, 6.07) is 6.47. The van der Waals surface area contributed by atoms with E-state index in [-0.39, 0.29) is 11.8 Å². The smallest absolute Gasteiger partial charge is 0.275 e. The number of hydrogen-bond acceptors (Lipinski definition) is 5. The molecule has 0 radical (unpaired) electrons. The normalized spacial score (nSPS) is 10.6. The van der Waals surface area contributed by atoms with Crippen molar-refractivity contribution < 1.29 is 14.1 Å². The zero-order valence-electron chi connectivity index (χ0n) is 11.3. The summed E-state index contributed by atoms with van der Waals surface area (Å²) < 4.78 is 10.5. The lowest BCUT2D eigenvalue weighted by atomic mass is 10.2. The molecule has 0 bridgehead atoms. The van der Waals surface area contributed by atoms with Crippen molar-refractivity contribution in [1.29, 1.82) is 0 Å². The highest BCUT2D eigenvalue weighted by Gasteiger charge is 2.11. The number of rotatable bonds is 6. The van der Waals surface area contributed by atoms with E-state index in [4.69, 9.17) is 9.15 Å². The Kier molecular flexibility index (Phi) is 4.24. The molecule has 0 saturated heterocycles. The molecule has 2 aromatic rings. The number of nitro groups is 1. The first-order valence-corrected chi connectivity index (χ1v) is 6.25. The molecule has 0 fully saturated rings. The molecular weight excluding hydrogens is 260 g/mol. The second-order valence-electron chi connectivity index (χ2n) is 4.62. The van der Waals surface area contributed by atoms with Crippen LogP contribution in [0.5, 0.6) is 5.75 Å². The molecule has 1 N–H and O–H groups in total. The zero-order valence-corrected chi connectivity index (χ0v) is 11.3. The molecule has 1 aromatic carbocycles. The van der Waals surface area contributed by atoms with Crippen LogP contribution in [0.3, 0.4) is 0 Å². The van der Waals surface area contributed by atoms with Crippen LogP contribution in [-0.4, -0.2) is 11.0 Å². The van der Waals surface area contributed by atoms with Crippen LogP contribution >= 0.6 is 0 Å². The standard InChI is InChI=1S/C14H16N2O4/c1-10(2)20-14-6-12(5-13(7-14)16(17)18)15-8-11-3-4-19-9-11/h3-7,9-10,15H,8H2,1-2H3. The van der Waals surface area contributed by atoms with Gasteiger partial charge < -0.3 is 14.5 Å². The minimum absolute atomic E-state index is 0.00200. The zero-order chi connectivity index (χ0) is 14.5. The highest BCUT2D eigenvalue weighted by molar-refractivity contribution is 5.56. The van der Waals surface area contributed by atoms with E-state index in [9.17, 15) is 10.1 Å². The highest BCUT2D eigenvalue weighted by Crippen LogP contribution is 2.27. The number of benzene rings is 1. The summed E-state index contributed by atoms with van der Waals surface area (Å²) in [5.41, 5.74) is 1.59. The Bertz CT molecular complexity index is 579. The summed E-state index contributed by atoms with van der Waals surface area (Å²) in [6.07, 6.45) is 3.16. The van der Waals surface area contributed by atoms with Crippen molar-refractivity contribution in [2.75, 3.05) is 5.32 Å². The first-order chi connectivity index (χ1) is 9.54. The quantitative estimate of drug-likeness (QED) is 0.644. The lowest BCUT2D eigenvalue weighted by Gasteiger charge is -2.12. The molecule has 1 aromatic heterocycles. The van der Waals surface area contributed by atoms with E-state index in [2.05, 4.69) is 5.32 Å². The van der Waals surface area contributed by atoms with E-state index in [1.807, 2.05) is 19.9 Å². The number of nitrogens with one attached hydrogen (secondary N) is 1. The Balaban J connectivity index is 2.17. The number of ether oxygens (including phenoxy) is 1. The van der Waals surface area contributed by atoms with Crippen molar-refractivity contribution in [3.63, 3.8) is 0 Å². The van der Waals surface area contributed by atoms with E-state index in [0.717, 1.165) is 5.56 Å². The van der Waals surface area contributed by atoms with Crippen molar-refractivity contribution in [1.82, 2.24) is 0 Å². The summed E-state index contributed by atoms with van der Waals surface area (Å²) in [5.74, 6) is 0.476. The molecule has 106 valence electrons. The van der Waals surface area contributed by atoms with Crippen LogP contribution in [0.4, 0.5) is 11.4 Å². The second-order valence-corrected chi connectivity index (χ2v) is 4.62. The van der Waals surface area contributed by atoms with Gasteiger partial charge in [-0.25, -0.2) is 0 Å². The van der Waals surface area contributed by atoms with Gasteiger partial charge in [-0.15, -0.1) is 0 Å². The molecule has 0 saturated carbocycles. The first kappa shape index (κ1) is 13.9. The fourth-order valence-corrected chi connectivity index (χ4v) is 1.73. The maximum atomic E-state index is 10.9. The van der Waals surface area contributed by atoms with Gasteiger partial charge >= 0.3 is 0 Å². The molecular formula is C14H16N2O4. The summed E-state index contributed by atoms with van der Waals surface area (Å²) in [7, 11) is 0. The Morgan fingerprint density at radius 3 is 2.80 bits per heavy atom. The van der Waals surface area contributed by atoms with Crippen LogP contribution in [0.2, 0.25) is 0 Å².